The van der Waals surface area contributed by atoms with Gasteiger partial charge >= 0.3 is 0 Å². The number of allylic oxidation sites excluding steroid dienone is 1. The molecule has 0 aliphatic heterocycles. The highest BCUT2D eigenvalue weighted by Crippen LogP contribution is 2.20. The number of aryl methyl sites for hydroxylation is 2. The van der Waals surface area contributed by atoms with Crippen molar-refractivity contribution >= 4 is 11.3 Å². The summed E-state index contributed by atoms with van der Waals surface area (Å²) in [6, 6.07) is 12.4. The maximum absolute atomic E-state index is 4.05. The van der Waals surface area contributed by atoms with Gasteiger partial charge in [0.25, 0.3) is 0 Å². The maximum atomic E-state index is 4.05. The highest BCUT2D eigenvalue weighted by molar-refractivity contribution is 5.70. The Labute approximate surface area is 177 Å². The van der Waals surface area contributed by atoms with Gasteiger partial charge in [-0.1, -0.05) is 71.5 Å². The summed E-state index contributed by atoms with van der Waals surface area (Å²) in [4.78, 5) is 3.88. The van der Waals surface area contributed by atoms with Gasteiger partial charge in [-0.15, -0.1) is 0 Å². The first-order valence-electron chi connectivity index (χ1n) is 10.5. The van der Waals surface area contributed by atoms with Crippen molar-refractivity contribution in [3.63, 3.8) is 0 Å². The molecule has 0 aliphatic carbocycles. The van der Waals surface area contributed by atoms with E-state index >= 15 is 0 Å². The Morgan fingerprint density at radius 1 is 1.00 bits per heavy atom. The minimum absolute atomic E-state index is 0.809. The highest BCUT2D eigenvalue weighted by atomic mass is 15.1. The molecule has 3 aromatic rings. The largest absolute Gasteiger partial charge is 0.378 e. The van der Waals surface area contributed by atoms with Crippen LogP contribution >= 0.6 is 0 Å². The molecule has 0 bridgehead atoms. The number of hydrogen-bond acceptors (Lipinski definition) is 3. The second-order valence-corrected chi connectivity index (χ2v) is 5.95. The molecule has 158 valence electrons. The van der Waals surface area contributed by atoms with Gasteiger partial charge in [0.05, 0.1) is 17.6 Å². The molecule has 0 spiro atoms. The Balaban J connectivity index is 0.000000593. The molecule has 2 N–H and O–H groups in total. The fourth-order valence-corrected chi connectivity index (χ4v) is 2.46. The van der Waals surface area contributed by atoms with E-state index in [4.69, 9.17) is 0 Å². The molecular weight excluding hydrogens is 356 g/mol. The lowest BCUT2D eigenvalue weighted by atomic mass is 10.1. The second kappa shape index (κ2) is 16.1. The Morgan fingerprint density at radius 2 is 1.66 bits per heavy atom. The summed E-state index contributed by atoms with van der Waals surface area (Å²) in [5.74, 6) is 0. The lowest BCUT2D eigenvalue weighted by Gasteiger charge is -2.10. The summed E-state index contributed by atoms with van der Waals surface area (Å²) in [7, 11) is 0. The number of benzene rings is 1. The van der Waals surface area contributed by atoms with E-state index < -0.39 is 0 Å². The summed E-state index contributed by atoms with van der Waals surface area (Å²) in [5, 5.41) is 10.4. The van der Waals surface area contributed by atoms with Gasteiger partial charge in [-0.25, -0.2) is 0 Å². The van der Waals surface area contributed by atoms with Crippen molar-refractivity contribution in [2.24, 2.45) is 0 Å². The molecule has 0 saturated heterocycles. The van der Waals surface area contributed by atoms with Crippen LogP contribution in [-0.4, -0.2) is 15.2 Å². The Kier molecular flexibility index (Phi) is 14.5. The van der Waals surface area contributed by atoms with Crippen LogP contribution in [0.4, 0.5) is 5.69 Å². The third-order valence-corrected chi connectivity index (χ3v) is 3.84. The number of rotatable bonds is 5. The number of aromatic nitrogens is 3. The average Bonchev–Trinajstić information content (AvgIpc) is 3.25. The number of pyridine rings is 1. The molecule has 4 nitrogen and oxygen atoms in total. The van der Waals surface area contributed by atoms with Crippen molar-refractivity contribution in [2.75, 3.05) is 5.32 Å². The first-order valence-corrected chi connectivity index (χ1v) is 10.5. The van der Waals surface area contributed by atoms with Crippen LogP contribution < -0.4 is 5.32 Å². The van der Waals surface area contributed by atoms with Crippen molar-refractivity contribution in [1.82, 2.24) is 15.2 Å². The number of hydrogen-bond donors (Lipinski definition) is 2. The lowest BCUT2D eigenvalue weighted by molar-refractivity contribution is 1.04. The van der Waals surface area contributed by atoms with E-state index in [1.807, 2.05) is 59.9 Å². The van der Waals surface area contributed by atoms with Gasteiger partial charge in [0.1, 0.15) is 0 Å². The smallest absolute Gasteiger partial charge is 0.0833 e. The predicted octanol–water partition coefficient (Wildman–Crippen LogP) is 7.06. The normalized spacial score (nSPS) is 8.93. The standard InChI is InChI=1S/C15H19N3.C6H7N.2C2H6/c1-4-12-7-5-6-8-13(12)9-16-14-10-17-18-15(14)11(2)3;1-6-3-2-4-7-5-6;2*1-2/h5-8,10,16H,2,4,9H2,1,3H3,(H,17,18);2-5H,1H3;2*1-2H3. The monoisotopic (exact) mass is 394 g/mol. The Hall–Kier alpha value is -2.88. The van der Waals surface area contributed by atoms with E-state index in [0.717, 1.165) is 29.9 Å². The third kappa shape index (κ3) is 9.74. The summed E-state index contributed by atoms with van der Waals surface area (Å²) in [6.45, 7) is 18.9. The number of nitrogens with one attached hydrogen (secondary N) is 2. The van der Waals surface area contributed by atoms with Gasteiger partial charge < -0.3 is 5.32 Å². The highest BCUT2D eigenvalue weighted by Gasteiger charge is 2.06. The zero-order valence-electron chi connectivity index (χ0n) is 19.2. The first-order chi connectivity index (χ1) is 14.1. The van der Waals surface area contributed by atoms with Crippen LogP contribution in [0.5, 0.6) is 0 Å². The zero-order valence-corrected chi connectivity index (χ0v) is 19.2. The zero-order chi connectivity index (χ0) is 22.1. The summed E-state index contributed by atoms with van der Waals surface area (Å²) >= 11 is 0. The minimum atomic E-state index is 0.809. The van der Waals surface area contributed by atoms with E-state index in [0.29, 0.717) is 0 Å². The van der Waals surface area contributed by atoms with Crippen LogP contribution in [0.25, 0.3) is 5.57 Å². The molecule has 0 aliphatic rings. The van der Waals surface area contributed by atoms with E-state index in [9.17, 15) is 0 Å². The molecule has 3 rings (SSSR count). The van der Waals surface area contributed by atoms with Gasteiger partial charge in [-0.3, -0.25) is 10.1 Å². The van der Waals surface area contributed by atoms with E-state index in [2.05, 4.69) is 58.3 Å². The SMILES string of the molecule is C=C(C)c1[nH]ncc1NCc1ccccc1CC.CC.CC.Cc1cccnc1. The average molecular weight is 395 g/mol. The van der Waals surface area contributed by atoms with Gasteiger partial charge in [-0.05, 0) is 48.6 Å². The van der Waals surface area contributed by atoms with E-state index in [1.54, 1.807) is 12.4 Å². The van der Waals surface area contributed by atoms with Crippen LogP contribution in [-0.2, 0) is 13.0 Å². The number of H-pyrrole nitrogens is 1. The van der Waals surface area contributed by atoms with Crippen molar-refractivity contribution < 1.29 is 0 Å². The molecule has 0 unspecified atom stereocenters. The Bertz CT molecular complexity index is 791. The summed E-state index contributed by atoms with van der Waals surface area (Å²) in [5.41, 5.74) is 6.89. The number of nitrogens with zero attached hydrogens (tertiary/aromatic N) is 2. The predicted molar refractivity (Wildman–Crippen MR) is 128 cm³/mol. The van der Waals surface area contributed by atoms with Gasteiger partial charge in [0.15, 0.2) is 0 Å². The Morgan fingerprint density at radius 3 is 2.14 bits per heavy atom. The molecule has 4 heteroatoms. The maximum Gasteiger partial charge on any atom is 0.0833 e. The topological polar surface area (TPSA) is 53.6 Å². The van der Waals surface area contributed by atoms with Crippen molar-refractivity contribution in [2.45, 2.75) is 61.4 Å². The van der Waals surface area contributed by atoms with E-state index in [-0.39, 0.29) is 0 Å². The number of anilines is 1. The first kappa shape index (κ1) is 26.1. The molecule has 2 aromatic heterocycles. The minimum Gasteiger partial charge on any atom is -0.378 e. The van der Waals surface area contributed by atoms with Gasteiger partial charge in [-0.2, -0.15) is 5.10 Å². The molecule has 0 radical (unpaired) electrons. The molecule has 0 saturated carbocycles. The van der Waals surface area contributed by atoms with Crippen molar-refractivity contribution in [3.8, 4) is 0 Å². The fourth-order valence-electron chi connectivity index (χ4n) is 2.46. The summed E-state index contributed by atoms with van der Waals surface area (Å²) < 4.78 is 0. The lowest BCUT2D eigenvalue weighted by Crippen LogP contribution is -2.03. The van der Waals surface area contributed by atoms with Crippen molar-refractivity contribution in [1.29, 1.82) is 0 Å². The molecule has 1 aromatic carbocycles. The molecule has 0 atom stereocenters. The van der Waals surface area contributed by atoms with Gasteiger partial charge in [0.2, 0.25) is 0 Å². The molecule has 29 heavy (non-hydrogen) atoms. The van der Waals surface area contributed by atoms with Crippen LogP contribution in [0, 0.1) is 6.92 Å². The third-order valence-electron chi connectivity index (χ3n) is 3.84. The van der Waals surface area contributed by atoms with E-state index in [1.165, 1.54) is 16.7 Å². The molecule has 0 fully saturated rings. The van der Waals surface area contributed by atoms with Crippen LogP contribution in [0.2, 0.25) is 0 Å². The molecule has 0 amide bonds. The van der Waals surface area contributed by atoms with Gasteiger partial charge in [0, 0.05) is 18.9 Å². The molecular formula is C25H38N4. The fraction of sp³-hybridized carbons (Fsp3) is 0.360. The van der Waals surface area contributed by atoms with Crippen LogP contribution in [0.3, 0.4) is 0 Å². The quantitative estimate of drug-likeness (QED) is 0.487. The van der Waals surface area contributed by atoms with Crippen LogP contribution in [0.15, 0.2) is 61.6 Å². The number of aromatic amines is 1. The second-order valence-electron chi connectivity index (χ2n) is 5.95. The van der Waals surface area contributed by atoms with Crippen molar-refractivity contribution in [3.05, 3.63) is 84.0 Å². The summed E-state index contributed by atoms with van der Waals surface area (Å²) in [6.07, 6.45) is 6.46. The van der Waals surface area contributed by atoms with Crippen LogP contribution in [0.1, 0.15) is 63.9 Å². The molecule has 2 heterocycles.